The molecule has 84 valence electrons. The SMILES string of the molecule is CC(C)(CS(N)(=O)=O)c1cccc(Cl)c1. The van der Waals surface area contributed by atoms with Crippen LogP contribution in [0, 0.1) is 0 Å². The average molecular weight is 248 g/mol. The summed E-state index contributed by atoms with van der Waals surface area (Å²) in [6, 6.07) is 7.14. The van der Waals surface area contributed by atoms with Gasteiger partial charge in [0.2, 0.25) is 10.0 Å². The normalized spacial score (nSPS) is 12.8. The third kappa shape index (κ3) is 3.81. The maximum atomic E-state index is 11.0. The van der Waals surface area contributed by atoms with Crippen LogP contribution in [0.3, 0.4) is 0 Å². The fourth-order valence-electron chi connectivity index (χ4n) is 1.50. The summed E-state index contributed by atoms with van der Waals surface area (Å²) >= 11 is 5.84. The van der Waals surface area contributed by atoms with Crippen molar-refractivity contribution in [1.29, 1.82) is 0 Å². The molecule has 15 heavy (non-hydrogen) atoms. The summed E-state index contributed by atoms with van der Waals surface area (Å²) in [5.74, 6) is -0.0969. The zero-order chi connectivity index (χ0) is 11.7. The predicted molar refractivity (Wildman–Crippen MR) is 62.5 cm³/mol. The van der Waals surface area contributed by atoms with E-state index in [9.17, 15) is 8.42 Å². The fourth-order valence-corrected chi connectivity index (χ4v) is 2.86. The van der Waals surface area contributed by atoms with Crippen LogP contribution < -0.4 is 5.14 Å². The number of sulfonamides is 1. The van der Waals surface area contributed by atoms with Crippen molar-refractivity contribution in [2.45, 2.75) is 19.3 Å². The summed E-state index contributed by atoms with van der Waals surface area (Å²) in [7, 11) is -3.49. The highest BCUT2D eigenvalue weighted by Gasteiger charge is 2.26. The second-order valence-electron chi connectivity index (χ2n) is 4.20. The molecule has 0 bridgehead atoms. The minimum atomic E-state index is -3.49. The van der Waals surface area contributed by atoms with E-state index >= 15 is 0 Å². The molecule has 1 aromatic rings. The molecule has 1 aromatic carbocycles. The minimum absolute atomic E-state index is 0.0969. The summed E-state index contributed by atoms with van der Waals surface area (Å²) in [5.41, 5.74) is 0.336. The van der Waals surface area contributed by atoms with Gasteiger partial charge < -0.3 is 0 Å². The molecule has 0 aromatic heterocycles. The number of benzene rings is 1. The first-order valence-electron chi connectivity index (χ1n) is 4.47. The van der Waals surface area contributed by atoms with Crippen molar-refractivity contribution in [2.24, 2.45) is 5.14 Å². The smallest absolute Gasteiger partial charge is 0.209 e. The van der Waals surface area contributed by atoms with Gasteiger partial charge in [0.1, 0.15) is 0 Å². The van der Waals surface area contributed by atoms with Gasteiger partial charge in [0.25, 0.3) is 0 Å². The molecule has 0 saturated heterocycles. The van der Waals surface area contributed by atoms with E-state index in [0.717, 1.165) is 5.56 Å². The third-order valence-electron chi connectivity index (χ3n) is 2.17. The summed E-state index contributed by atoms with van der Waals surface area (Å²) in [6.45, 7) is 3.64. The molecule has 0 atom stereocenters. The molecule has 3 nitrogen and oxygen atoms in total. The quantitative estimate of drug-likeness (QED) is 0.887. The van der Waals surface area contributed by atoms with Crippen molar-refractivity contribution >= 4 is 21.6 Å². The summed E-state index contributed by atoms with van der Waals surface area (Å²) in [5, 5.41) is 5.63. The van der Waals surface area contributed by atoms with Crippen molar-refractivity contribution in [3.8, 4) is 0 Å². The predicted octanol–water partition coefficient (Wildman–Crippen LogP) is 1.91. The topological polar surface area (TPSA) is 60.2 Å². The first-order valence-corrected chi connectivity index (χ1v) is 6.56. The van der Waals surface area contributed by atoms with Crippen LogP contribution in [0.5, 0.6) is 0 Å². The van der Waals surface area contributed by atoms with E-state index in [4.69, 9.17) is 16.7 Å². The van der Waals surface area contributed by atoms with Gasteiger partial charge in [0.05, 0.1) is 5.75 Å². The number of primary sulfonamides is 1. The van der Waals surface area contributed by atoms with Gasteiger partial charge in [-0.2, -0.15) is 0 Å². The van der Waals surface area contributed by atoms with Crippen LogP contribution in [0.25, 0.3) is 0 Å². The van der Waals surface area contributed by atoms with Gasteiger partial charge in [0.15, 0.2) is 0 Å². The number of hydrogen-bond donors (Lipinski definition) is 1. The van der Waals surface area contributed by atoms with E-state index in [2.05, 4.69) is 0 Å². The van der Waals surface area contributed by atoms with Gasteiger partial charge >= 0.3 is 0 Å². The van der Waals surface area contributed by atoms with E-state index in [-0.39, 0.29) is 5.75 Å². The molecule has 0 fully saturated rings. The molecule has 0 heterocycles. The zero-order valence-corrected chi connectivity index (χ0v) is 10.3. The Morgan fingerprint density at radius 3 is 2.47 bits per heavy atom. The Bertz CT molecular complexity index is 454. The Morgan fingerprint density at radius 1 is 1.40 bits per heavy atom. The Kier molecular flexibility index (Phi) is 3.43. The molecule has 0 aliphatic carbocycles. The van der Waals surface area contributed by atoms with E-state index < -0.39 is 15.4 Å². The van der Waals surface area contributed by atoms with Crippen LogP contribution in [0.4, 0.5) is 0 Å². The van der Waals surface area contributed by atoms with E-state index in [1.54, 1.807) is 18.2 Å². The molecular weight excluding hydrogens is 234 g/mol. The van der Waals surface area contributed by atoms with Gasteiger partial charge in [-0.3, -0.25) is 0 Å². The molecule has 5 heteroatoms. The molecule has 0 radical (unpaired) electrons. The van der Waals surface area contributed by atoms with Gasteiger partial charge in [-0.15, -0.1) is 0 Å². The molecule has 0 aliphatic heterocycles. The highest BCUT2D eigenvalue weighted by atomic mass is 35.5. The maximum Gasteiger partial charge on any atom is 0.209 e. The summed E-state index contributed by atoms with van der Waals surface area (Å²) in [6.07, 6.45) is 0. The van der Waals surface area contributed by atoms with Crippen LogP contribution in [0.1, 0.15) is 19.4 Å². The second kappa shape index (κ2) is 4.12. The maximum absolute atomic E-state index is 11.0. The van der Waals surface area contributed by atoms with Gasteiger partial charge in [-0.1, -0.05) is 37.6 Å². The van der Waals surface area contributed by atoms with Crippen LogP contribution in [0.15, 0.2) is 24.3 Å². The Balaban J connectivity index is 3.06. The monoisotopic (exact) mass is 247 g/mol. The number of halogens is 1. The average Bonchev–Trinajstić information content (AvgIpc) is 1.99. The minimum Gasteiger partial charge on any atom is -0.229 e. The van der Waals surface area contributed by atoms with Crippen LogP contribution in [-0.2, 0) is 15.4 Å². The second-order valence-corrected chi connectivity index (χ2v) is 6.25. The number of nitrogens with two attached hydrogens (primary N) is 1. The first-order chi connectivity index (χ1) is 6.71. The highest BCUT2D eigenvalue weighted by molar-refractivity contribution is 7.89. The standard InChI is InChI=1S/C10H14ClNO2S/c1-10(2,7-15(12,13)14)8-4-3-5-9(11)6-8/h3-6H,7H2,1-2H3,(H2,12,13,14). The van der Waals surface area contributed by atoms with Gasteiger partial charge in [-0.25, -0.2) is 13.6 Å². The van der Waals surface area contributed by atoms with Crippen molar-refractivity contribution in [1.82, 2.24) is 0 Å². The lowest BCUT2D eigenvalue weighted by atomic mass is 9.87. The molecule has 0 amide bonds. The lowest BCUT2D eigenvalue weighted by Gasteiger charge is -2.23. The molecule has 0 saturated carbocycles. The molecule has 0 spiro atoms. The molecule has 1 rings (SSSR count). The number of hydrogen-bond acceptors (Lipinski definition) is 2. The largest absolute Gasteiger partial charge is 0.229 e. The van der Waals surface area contributed by atoms with Crippen LogP contribution in [-0.4, -0.2) is 14.2 Å². The summed E-state index contributed by atoms with van der Waals surface area (Å²) in [4.78, 5) is 0. The molecule has 0 aliphatic rings. The highest BCUT2D eigenvalue weighted by Crippen LogP contribution is 2.26. The fraction of sp³-hybridized carbons (Fsp3) is 0.400. The molecule has 0 unspecified atom stereocenters. The zero-order valence-electron chi connectivity index (χ0n) is 8.70. The van der Waals surface area contributed by atoms with E-state index in [1.807, 2.05) is 19.9 Å². The Labute approximate surface area is 95.3 Å². The van der Waals surface area contributed by atoms with Crippen molar-refractivity contribution in [3.05, 3.63) is 34.9 Å². The lowest BCUT2D eigenvalue weighted by molar-refractivity contribution is 0.549. The summed E-state index contributed by atoms with van der Waals surface area (Å²) < 4.78 is 22.1. The first kappa shape index (κ1) is 12.5. The van der Waals surface area contributed by atoms with Gasteiger partial charge in [-0.05, 0) is 17.7 Å². The molecular formula is C10H14ClNO2S. The van der Waals surface area contributed by atoms with Gasteiger partial charge in [0, 0.05) is 10.4 Å². The van der Waals surface area contributed by atoms with Crippen molar-refractivity contribution in [3.63, 3.8) is 0 Å². The van der Waals surface area contributed by atoms with Crippen LogP contribution in [0.2, 0.25) is 5.02 Å². The van der Waals surface area contributed by atoms with E-state index in [0.29, 0.717) is 5.02 Å². The Hall–Kier alpha value is -0.580. The van der Waals surface area contributed by atoms with Crippen molar-refractivity contribution < 1.29 is 8.42 Å². The Morgan fingerprint density at radius 2 is 2.00 bits per heavy atom. The van der Waals surface area contributed by atoms with Crippen LogP contribution >= 0.6 is 11.6 Å². The third-order valence-corrected chi connectivity index (χ3v) is 3.53. The lowest BCUT2D eigenvalue weighted by Crippen LogP contribution is -2.32. The number of rotatable bonds is 3. The molecule has 2 N–H and O–H groups in total. The van der Waals surface area contributed by atoms with E-state index in [1.165, 1.54) is 0 Å². The van der Waals surface area contributed by atoms with Crippen molar-refractivity contribution in [2.75, 3.05) is 5.75 Å².